The molecule has 1 aromatic rings. The molecular weight excluding hydrogens is 330 g/mol. The molecule has 1 N–H and O–H groups in total. The molecule has 1 atom stereocenters. The van der Waals surface area contributed by atoms with Crippen LogP contribution in [0.5, 0.6) is 0 Å². The van der Waals surface area contributed by atoms with Gasteiger partial charge >= 0.3 is 6.09 Å². The van der Waals surface area contributed by atoms with Gasteiger partial charge in [-0.1, -0.05) is 11.6 Å². The summed E-state index contributed by atoms with van der Waals surface area (Å²) in [7, 11) is 0. The van der Waals surface area contributed by atoms with E-state index in [1.54, 1.807) is 23.2 Å². The molecule has 1 fully saturated rings. The lowest BCUT2D eigenvalue weighted by Gasteiger charge is -2.33. The Kier molecular flexibility index (Phi) is 6.04. The van der Waals surface area contributed by atoms with Crippen LogP contribution in [0.1, 0.15) is 44.0 Å². The zero-order valence-corrected chi connectivity index (χ0v) is 15.1. The number of nitrogens with one attached hydrogen (secondary N) is 1. The molecule has 1 saturated heterocycles. The Morgan fingerprint density at radius 3 is 2.88 bits per heavy atom. The summed E-state index contributed by atoms with van der Waals surface area (Å²) >= 11 is 6.01. The molecule has 1 aliphatic rings. The smallest absolute Gasteiger partial charge is 0.407 e. The highest BCUT2D eigenvalue weighted by atomic mass is 35.5. The van der Waals surface area contributed by atoms with Gasteiger partial charge in [-0.3, -0.25) is 4.79 Å². The third kappa shape index (κ3) is 5.37. The largest absolute Gasteiger partial charge is 0.444 e. The highest BCUT2D eigenvalue weighted by Crippen LogP contribution is 2.21. The lowest BCUT2D eigenvalue weighted by atomic mass is 9.97. The summed E-state index contributed by atoms with van der Waals surface area (Å²) in [6.45, 7) is 7.23. The van der Waals surface area contributed by atoms with Gasteiger partial charge in [0.2, 0.25) is 0 Å². The van der Waals surface area contributed by atoms with E-state index in [0.717, 1.165) is 12.8 Å². The molecule has 0 radical (unpaired) electrons. The third-order valence-corrected chi connectivity index (χ3v) is 4.03. The van der Waals surface area contributed by atoms with Crippen molar-refractivity contribution in [3.05, 3.63) is 29.0 Å². The normalized spacial score (nSPS) is 18.2. The number of nitrogens with zero attached hydrogens (tertiary/aromatic N) is 2. The van der Waals surface area contributed by atoms with Gasteiger partial charge in [-0.15, -0.1) is 0 Å². The van der Waals surface area contributed by atoms with Crippen molar-refractivity contribution in [2.75, 3.05) is 19.6 Å². The van der Waals surface area contributed by atoms with Crippen LogP contribution >= 0.6 is 11.6 Å². The molecule has 1 unspecified atom stereocenters. The summed E-state index contributed by atoms with van der Waals surface area (Å²) in [4.78, 5) is 30.0. The number of pyridine rings is 1. The van der Waals surface area contributed by atoms with Crippen LogP contribution in [0.2, 0.25) is 5.15 Å². The molecule has 6 nitrogen and oxygen atoms in total. The van der Waals surface area contributed by atoms with Crippen molar-refractivity contribution in [1.82, 2.24) is 15.2 Å². The summed E-state index contributed by atoms with van der Waals surface area (Å²) in [5.74, 6) is 0.0840. The number of amides is 2. The Labute approximate surface area is 147 Å². The number of hydrogen-bond acceptors (Lipinski definition) is 4. The average Bonchev–Trinajstić information content (AvgIpc) is 2.51. The van der Waals surface area contributed by atoms with Crippen molar-refractivity contribution in [2.24, 2.45) is 5.92 Å². The molecule has 132 valence electrons. The minimum absolute atomic E-state index is 0.116. The molecule has 7 heteroatoms. The lowest BCUT2D eigenvalue weighted by Crippen LogP contribution is -2.44. The van der Waals surface area contributed by atoms with Gasteiger partial charge in [0, 0.05) is 25.8 Å². The number of carbonyl (C=O) groups excluding carboxylic acids is 2. The predicted molar refractivity (Wildman–Crippen MR) is 92.1 cm³/mol. The van der Waals surface area contributed by atoms with Gasteiger partial charge < -0.3 is 15.0 Å². The summed E-state index contributed by atoms with van der Waals surface area (Å²) in [6.07, 6.45) is 2.98. The van der Waals surface area contributed by atoms with E-state index in [-0.39, 0.29) is 17.0 Å². The Morgan fingerprint density at radius 2 is 2.21 bits per heavy atom. The van der Waals surface area contributed by atoms with E-state index < -0.39 is 11.7 Å². The van der Waals surface area contributed by atoms with E-state index in [2.05, 4.69) is 10.3 Å². The van der Waals surface area contributed by atoms with Crippen LogP contribution in [0.15, 0.2) is 18.3 Å². The standard InChI is InChI=1S/C17H24ClN3O3/c1-17(2,3)24-16(23)20-10-12-6-5-9-21(11-12)15(22)13-7-4-8-19-14(13)18/h4,7-8,12H,5-6,9-11H2,1-3H3,(H,20,23). The number of likely N-dealkylation sites (tertiary alicyclic amines) is 1. The van der Waals surface area contributed by atoms with Crippen molar-refractivity contribution in [3.63, 3.8) is 0 Å². The van der Waals surface area contributed by atoms with Crippen LogP contribution in [0.4, 0.5) is 4.79 Å². The molecule has 1 aliphatic heterocycles. The van der Waals surface area contributed by atoms with Crippen LogP contribution in [-0.4, -0.2) is 47.1 Å². The van der Waals surface area contributed by atoms with Crippen LogP contribution in [0.3, 0.4) is 0 Å². The predicted octanol–water partition coefficient (Wildman–Crippen LogP) is 3.11. The second-order valence-electron chi connectivity index (χ2n) is 6.98. The molecule has 0 bridgehead atoms. The average molecular weight is 354 g/mol. The molecule has 0 aliphatic carbocycles. The Balaban J connectivity index is 1.89. The maximum absolute atomic E-state index is 12.6. The fourth-order valence-electron chi connectivity index (χ4n) is 2.67. The lowest BCUT2D eigenvalue weighted by molar-refractivity contribution is 0.0502. The summed E-state index contributed by atoms with van der Waals surface area (Å²) < 4.78 is 5.23. The van der Waals surface area contributed by atoms with Gasteiger partial charge in [-0.05, 0) is 51.7 Å². The summed E-state index contributed by atoms with van der Waals surface area (Å²) in [6, 6.07) is 3.38. The summed E-state index contributed by atoms with van der Waals surface area (Å²) in [5.41, 5.74) is -0.102. The Hall–Kier alpha value is -1.82. The first-order valence-electron chi connectivity index (χ1n) is 8.13. The Bertz CT molecular complexity index is 601. The number of hydrogen-bond donors (Lipinski definition) is 1. The third-order valence-electron chi connectivity index (χ3n) is 3.73. The first-order chi connectivity index (χ1) is 11.3. The van der Waals surface area contributed by atoms with Crippen molar-refractivity contribution >= 4 is 23.6 Å². The molecule has 24 heavy (non-hydrogen) atoms. The maximum atomic E-state index is 12.6. The molecule has 0 saturated carbocycles. The zero-order chi connectivity index (χ0) is 17.7. The monoisotopic (exact) mass is 353 g/mol. The van der Waals surface area contributed by atoms with Crippen LogP contribution in [0.25, 0.3) is 0 Å². The molecule has 2 amide bonds. The van der Waals surface area contributed by atoms with Crippen LogP contribution < -0.4 is 5.32 Å². The maximum Gasteiger partial charge on any atom is 0.407 e. The van der Waals surface area contributed by atoms with E-state index in [1.807, 2.05) is 20.8 Å². The van der Waals surface area contributed by atoms with Gasteiger partial charge in [0.1, 0.15) is 10.8 Å². The van der Waals surface area contributed by atoms with Gasteiger partial charge in [0.05, 0.1) is 5.56 Å². The highest BCUT2D eigenvalue weighted by Gasteiger charge is 2.26. The molecule has 2 heterocycles. The van der Waals surface area contributed by atoms with Gasteiger partial charge in [-0.25, -0.2) is 9.78 Å². The van der Waals surface area contributed by atoms with E-state index in [1.165, 1.54) is 0 Å². The molecule has 1 aromatic heterocycles. The number of alkyl carbamates (subject to hydrolysis) is 1. The number of carbonyl (C=O) groups is 2. The minimum Gasteiger partial charge on any atom is -0.444 e. The SMILES string of the molecule is CC(C)(C)OC(=O)NCC1CCCN(C(=O)c2cccnc2Cl)C1. The van der Waals surface area contributed by atoms with Crippen molar-refractivity contribution < 1.29 is 14.3 Å². The fraction of sp³-hybridized carbons (Fsp3) is 0.588. The van der Waals surface area contributed by atoms with E-state index in [4.69, 9.17) is 16.3 Å². The summed E-state index contributed by atoms with van der Waals surface area (Å²) in [5, 5.41) is 3.00. The van der Waals surface area contributed by atoms with Gasteiger partial charge in [-0.2, -0.15) is 0 Å². The van der Waals surface area contributed by atoms with Gasteiger partial charge in [0.15, 0.2) is 0 Å². The van der Waals surface area contributed by atoms with Crippen molar-refractivity contribution in [2.45, 2.75) is 39.2 Å². The molecule has 0 spiro atoms. The number of halogens is 1. The van der Waals surface area contributed by atoms with Gasteiger partial charge in [0.25, 0.3) is 5.91 Å². The van der Waals surface area contributed by atoms with Crippen LogP contribution in [-0.2, 0) is 4.74 Å². The topological polar surface area (TPSA) is 71.5 Å². The first kappa shape index (κ1) is 18.5. The number of aromatic nitrogens is 1. The molecule has 2 rings (SSSR count). The fourth-order valence-corrected chi connectivity index (χ4v) is 2.87. The Morgan fingerprint density at radius 1 is 1.46 bits per heavy atom. The quantitative estimate of drug-likeness (QED) is 0.847. The molecule has 0 aromatic carbocycles. The molecular formula is C17H24ClN3O3. The first-order valence-corrected chi connectivity index (χ1v) is 8.50. The highest BCUT2D eigenvalue weighted by molar-refractivity contribution is 6.32. The van der Waals surface area contributed by atoms with Crippen LogP contribution in [0, 0.1) is 5.92 Å². The second-order valence-corrected chi connectivity index (χ2v) is 7.34. The van der Waals surface area contributed by atoms with E-state index in [0.29, 0.717) is 25.2 Å². The van der Waals surface area contributed by atoms with Crippen molar-refractivity contribution in [1.29, 1.82) is 0 Å². The zero-order valence-electron chi connectivity index (χ0n) is 14.3. The number of ether oxygens (including phenoxy) is 1. The van der Waals surface area contributed by atoms with Crippen molar-refractivity contribution in [3.8, 4) is 0 Å². The van der Waals surface area contributed by atoms with E-state index >= 15 is 0 Å². The minimum atomic E-state index is -0.518. The van der Waals surface area contributed by atoms with E-state index in [9.17, 15) is 9.59 Å². The number of rotatable bonds is 3. The number of piperidine rings is 1. The second kappa shape index (κ2) is 7.83.